The molecule has 0 atom stereocenters. The van der Waals surface area contributed by atoms with E-state index < -0.39 is 0 Å². The fourth-order valence-corrected chi connectivity index (χ4v) is 3.07. The van der Waals surface area contributed by atoms with Crippen molar-refractivity contribution in [1.29, 1.82) is 0 Å². The first-order chi connectivity index (χ1) is 10.6. The molecular formula is C14H15Cl2N5O. The zero-order valence-electron chi connectivity index (χ0n) is 11.7. The smallest absolute Gasteiger partial charge is 0.262 e. The Morgan fingerprint density at radius 3 is 2.36 bits per heavy atom. The number of piperazine rings is 1. The average molecular weight is 340 g/mol. The molecule has 6 nitrogen and oxygen atoms in total. The molecule has 1 aromatic carbocycles. The van der Waals surface area contributed by atoms with Gasteiger partial charge in [-0.2, -0.15) is 4.98 Å². The molecule has 3 rings (SSSR count). The van der Waals surface area contributed by atoms with Gasteiger partial charge in [-0.1, -0.05) is 29.3 Å². The summed E-state index contributed by atoms with van der Waals surface area (Å²) >= 11 is 12.3. The lowest BCUT2D eigenvalue weighted by Crippen LogP contribution is -2.44. The van der Waals surface area contributed by atoms with Crippen molar-refractivity contribution in [2.45, 2.75) is 0 Å². The first kappa shape index (κ1) is 15.1. The van der Waals surface area contributed by atoms with Gasteiger partial charge in [0.05, 0.1) is 15.6 Å². The van der Waals surface area contributed by atoms with E-state index in [0.29, 0.717) is 21.6 Å². The Balaban J connectivity index is 2.09. The SMILES string of the molecule is Nc1nc(N2CCNCC2)[nH]c(=O)c1-c1c(Cl)cccc1Cl. The van der Waals surface area contributed by atoms with Gasteiger partial charge in [0.25, 0.3) is 5.56 Å². The van der Waals surface area contributed by atoms with Gasteiger partial charge in [-0.25, -0.2) is 0 Å². The van der Waals surface area contributed by atoms with Gasteiger partial charge in [0.2, 0.25) is 5.95 Å². The predicted octanol–water partition coefficient (Wildman–Crippen LogP) is 1.74. The van der Waals surface area contributed by atoms with Crippen LogP contribution < -0.4 is 21.5 Å². The third-order valence-electron chi connectivity index (χ3n) is 3.56. The van der Waals surface area contributed by atoms with Gasteiger partial charge in [-0.05, 0) is 12.1 Å². The highest BCUT2D eigenvalue weighted by atomic mass is 35.5. The van der Waals surface area contributed by atoms with E-state index in [2.05, 4.69) is 15.3 Å². The van der Waals surface area contributed by atoms with Crippen LogP contribution in [0.2, 0.25) is 10.0 Å². The highest BCUT2D eigenvalue weighted by Crippen LogP contribution is 2.35. The van der Waals surface area contributed by atoms with Crippen LogP contribution in [0.25, 0.3) is 11.1 Å². The topological polar surface area (TPSA) is 87.0 Å². The summed E-state index contributed by atoms with van der Waals surface area (Å²) in [5.74, 6) is 0.586. The number of halogens is 2. The van der Waals surface area contributed by atoms with Crippen LogP contribution >= 0.6 is 23.2 Å². The van der Waals surface area contributed by atoms with Crippen LogP contribution in [0.3, 0.4) is 0 Å². The summed E-state index contributed by atoms with van der Waals surface area (Å²) < 4.78 is 0. The molecule has 0 saturated carbocycles. The second kappa shape index (κ2) is 6.16. The number of nitrogens with one attached hydrogen (secondary N) is 2. The van der Waals surface area contributed by atoms with Gasteiger partial charge in [0.15, 0.2) is 0 Å². The number of hydrogen-bond acceptors (Lipinski definition) is 5. The van der Waals surface area contributed by atoms with Gasteiger partial charge in [-0.15, -0.1) is 0 Å². The van der Waals surface area contributed by atoms with E-state index in [9.17, 15) is 4.79 Å². The lowest BCUT2D eigenvalue weighted by Gasteiger charge is -2.28. The third kappa shape index (κ3) is 2.77. The van der Waals surface area contributed by atoms with E-state index in [0.717, 1.165) is 26.2 Å². The summed E-state index contributed by atoms with van der Waals surface area (Å²) in [6, 6.07) is 5.03. The van der Waals surface area contributed by atoms with Crippen LogP contribution in [-0.4, -0.2) is 36.1 Å². The molecule has 1 aliphatic rings. The Morgan fingerprint density at radius 2 is 1.77 bits per heavy atom. The zero-order chi connectivity index (χ0) is 15.7. The number of hydrogen-bond donors (Lipinski definition) is 3. The Labute approximate surface area is 137 Å². The number of aromatic nitrogens is 2. The molecule has 1 aromatic heterocycles. The second-order valence-electron chi connectivity index (χ2n) is 4.98. The summed E-state index contributed by atoms with van der Waals surface area (Å²) in [6.07, 6.45) is 0. The lowest BCUT2D eigenvalue weighted by molar-refractivity contribution is 0.579. The van der Waals surface area contributed by atoms with Crippen molar-refractivity contribution in [3.05, 3.63) is 38.6 Å². The lowest BCUT2D eigenvalue weighted by atomic mass is 10.1. The maximum Gasteiger partial charge on any atom is 0.262 e. The molecule has 0 spiro atoms. The number of nitrogen functional groups attached to an aromatic ring is 1. The molecule has 0 amide bonds. The molecule has 2 aromatic rings. The van der Waals surface area contributed by atoms with Crippen LogP contribution in [0.1, 0.15) is 0 Å². The first-order valence-electron chi connectivity index (χ1n) is 6.88. The summed E-state index contributed by atoms with van der Waals surface area (Å²) in [7, 11) is 0. The molecule has 1 saturated heterocycles. The summed E-state index contributed by atoms with van der Waals surface area (Å²) in [6.45, 7) is 3.19. The predicted molar refractivity (Wildman–Crippen MR) is 89.8 cm³/mol. The van der Waals surface area contributed by atoms with Gasteiger partial charge in [-0.3, -0.25) is 9.78 Å². The van der Waals surface area contributed by atoms with Crippen molar-refractivity contribution in [3.8, 4) is 11.1 Å². The average Bonchev–Trinajstić information content (AvgIpc) is 2.50. The fourth-order valence-electron chi connectivity index (χ4n) is 2.48. The molecule has 1 aliphatic heterocycles. The molecule has 1 fully saturated rings. The number of H-pyrrole nitrogens is 1. The Hall–Kier alpha value is -1.76. The van der Waals surface area contributed by atoms with E-state index in [1.165, 1.54) is 0 Å². The zero-order valence-corrected chi connectivity index (χ0v) is 13.2. The van der Waals surface area contributed by atoms with E-state index >= 15 is 0 Å². The largest absolute Gasteiger partial charge is 0.383 e. The van der Waals surface area contributed by atoms with E-state index in [1.807, 2.05) is 4.90 Å². The third-order valence-corrected chi connectivity index (χ3v) is 4.19. The molecular weight excluding hydrogens is 325 g/mol. The van der Waals surface area contributed by atoms with Gasteiger partial charge < -0.3 is 16.0 Å². The monoisotopic (exact) mass is 339 g/mol. The Morgan fingerprint density at radius 1 is 1.14 bits per heavy atom. The first-order valence-corrected chi connectivity index (χ1v) is 7.63. The van der Waals surface area contributed by atoms with Crippen LogP contribution in [0.15, 0.2) is 23.0 Å². The molecule has 0 bridgehead atoms. The van der Waals surface area contributed by atoms with Crippen molar-refractivity contribution in [2.24, 2.45) is 0 Å². The maximum absolute atomic E-state index is 12.5. The number of rotatable bonds is 2. The molecule has 2 heterocycles. The van der Waals surface area contributed by atoms with Crippen LogP contribution in [0.5, 0.6) is 0 Å². The Bertz CT molecular complexity index is 735. The number of aromatic amines is 1. The molecule has 0 aliphatic carbocycles. The highest BCUT2D eigenvalue weighted by molar-refractivity contribution is 6.39. The van der Waals surface area contributed by atoms with Crippen molar-refractivity contribution >= 4 is 35.0 Å². The minimum absolute atomic E-state index is 0.118. The maximum atomic E-state index is 12.5. The molecule has 4 N–H and O–H groups in total. The van der Waals surface area contributed by atoms with Crippen molar-refractivity contribution in [3.63, 3.8) is 0 Å². The molecule has 116 valence electrons. The quantitative estimate of drug-likeness (QED) is 0.775. The highest BCUT2D eigenvalue weighted by Gasteiger charge is 2.20. The minimum Gasteiger partial charge on any atom is -0.383 e. The standard InChI is InChI=1S/C14H15Cl2N5O/c15-8-2-1-3-9(16)10(8)11-12(17)19-14(20-13(11)22)21-6-4-18-5-7-21/h1-3,18H,4-7H2,(H3,17,19,20,22). The van der Waals surface area contributed by atoms with Crippen LogP contribution in [0.4, 0.5) is 11.8 Å². The van der Waals surface area contributed by atoms with Crippen LogP contribution in [0, 0.1) is 0 Å². The molecule has 0 unspecified atom stereocenters. The number of benzene rings is 1. The normalized spacial score (nSPS) is 15.1. The van der Waals surface area contributed by atoms with E-state index in [4.69, 9.17) is 28.9 Å². The van der Waals surface area contributed by atoms with Crippen LogP contribution in [-0.2, 0) is 0 Å². The van der Waals surface area contributed by atoms with E-state index in [1.54, 1.807) is 18.2 Å². The molecule has 0 radical (unpaired) electrons. The van der Waals surface area contributed by atoms with Gasteiger partial charge in [0.1, 0.15) is 5.82 Å². The molecule has 8 heteroatoms. The van der Waals surface area contributed by atoms with Gasteiger partial charge >= 0.3 is 0 Å². The summed E-state index contributed by atoms with van der Waals surface area (Å²) in [5.41, 5.74) is 6.27. The number of nitrogens with zero attached hydrogens (tertiary/aromatic N) is 2. The van der Waals surface area contributed by atoms with Gasteiger partial charge in [0, 0.05) is 31.7 Å². The van der Waals surface area contributed by atoms with Crippen molar-refractivity contribution < 1.29 is 0 Å². The van der Waals surface area contributed by atoms with Crippen molar-refractivity contribution in [2.75, 3.05) is 36.8 Å². The number of anilines is 2. The summed E-state index contributed by atoms with van der Waals surface area (Å²) in [5, 5.41) is 3.96. The fraction of sp³-hybridized carbons (Fsp3) is 0.286. The van der Waals surface area contributed by atoms with Crippen molar-refractivity contribution in [1.82, 2.24) is 15.3 Å². The number of nitrogens with two attached hydrogens (primary N) is 1. The molecule has 22 heavy (non-hydrogen) atoms. The van der Waals surface area contributed by atoms with E-state index in [-0.39, 0.29) is 16.9 Å². The second-order valence-corrected chi connectivity index (χ2v) is 5.80. The summed E-state index contributed by atoms with van der Waals surface area (Å²) in [4.78, 5) is 21.5. The Kier molecular flexibility index (Phi) is 4.24. The minimum atomic E-state index is -0.351.